The van der Waals surface area contributed by atoms with Crippen LogP contribution in [0, 0.1) is 17.8 Å². The van der Waals surface area contributed by atoms with E-state index in [9.17, 15) is 13.6 Å². The third-order valence-corrected chi connectivity index (χ3v) is 3.76. The summed E-state index contributed by atoms with van der Waals surface area (Å²) in [5.74, 6) is 7.06. The predicted octanol–water partition coefficient (Wildman–Crippen LogP) is 4.89. The van der Waals surface area contributed by atoms with Crippen LogP contribution in [0.15, 0.2) is 48.5 Å². The lowest BCUT2D eigenvalue weighted by Gasteiger charge is -2.09. The van der Waals surface area contributed by atoms with E-state index in [0.717, 1.165) is 17.5 Å². The molecule has 2 nitrogen and oxygen atoms in total. The summed E-state index contributed by atoms with van der Waals surface area (Å²) in [6.45, 7) is 3.08. The van der Waals surface area contributed by atoms with Crippen LogP contribution in [0.25, 0.3) is 0 Å². The zero-order chi connectivity index (χ0) is 18.9. The minimum Gasteiger partial charge on any atom is -0.488 e. The molecule has 0 aliphatic heterocycles. The first-order valence-electron chi connectivity index (χ1n) is 8.54. The number of alkyl halides is 2. The highest BCUT2D eigenvalue weighted by Crippen LogP contribution is 2.14. The fourth-order valence-electron chi connectivity index (χ4n) is 2.63. The number of ether oxygens (including phenoxy) is 1. The lowest BCUT2D eigenvalue weighted by Crippen LogP contribution is -2.06. The number of carbonyl (C=O) groups excluding carboxylic acids is 1. The van der Waals surface area contributed by atoms with Gasteiger partial charge in [0.05, 0.1) is 0 Å². The number of hydrogen-bond donors (Lipinski definition) is 0. The van der Waals surface area contributed by atoms with Gasteiger partial charge in [-0.1, -0.05) is 30.9 Å². The summed E-state index contributed by atoms with van der Waals surface area (Å²) in [5.41, 5.74) is 2.87. The van der Waals surface area contributed by atoms with Gasteiger partial charge in [-0.3, -0.25) is 0 Å². The van der Waals surface area contributed by atoms with Crippen molar-refractivity contribution in [2.24, 2.45) is 5.92 Å². The first kappa shape index (κ1) is 19.7. The number of hydrogen-bond acceptors (Lipinski definition) is 2. The van der Waals surface area contributed by atoms with Crippen LogP contribution in [-0.2, 0) is 11.2 Å². The summed E-state index contributed by atoms with van der Waals surface area (Å²) in [5, 5.41) is 0. The maximum Gasteiger partial charge on any atom is 0.272 e. The molecule has 0 saturated carbocycles. The third kappa shape index (κ3) is 7.06. The van der Waals surface area contributed by atoms with Crippen molar-refractivity contribution in [3.05, 3.63) is 65.2 Å². The second kappa shape index (κ2) is 9.72. The van der Waals surface area contributed by atoms with E-state index in [4.69, 9.17) is 4.74 Å². The molecule has 4 heteroatoms. The zero-order valence-electron chi connectivity index (χ0n) is 15.0. The molecule has 0 saturated heterocycles. The van der Waals surface area contributed by atoms with Crippen LogP contribution in [0.4, 0.5) is 8.78 Å². The Kier molecular flexibility index (Phi) is 7.35. The van der Waals surface area contributed by atoms with Crippen molar-refractivity contribution in [2.75, 3.05) is 6.61 Å². The first-order valence-corrected chi connectivity index (χ1v) is 8.54. The van der Waals surface area contributed by atoms with Crippen molar-refractivity contribution in [1.82, 2.24) is 0 Å². The fourth-order valence-corrected chi connectivity index (χ4v) is 2.63. The number of halogens is 2. The van der Waals surface area contributed by atoms with E-state index in [1.807, 2.05) is 24.3 Å². The molecule has 2 rings (SSSR count). The lowest BCUT2D eigenvalue weighted by atomic mass is 9.96. The topological polar surface area (TPSA) is 26.3 Å². The Bertz CT molecular complexity index is 769. The molecule has 26 heavy (non-hydrogen) atoms. The Morgan fingerprint density at radius 1 is 1.00 bits per heavy atom. The largest absolute Gasteiger partial charge is 0.488 e. The molecule has 0 heterocycles. The Balaban J connectivity index is 1.94. The van der Waals surface area contributed by atoms with Crippen molar-refractivity contribution in [3.8, 4) is 17.6 Å². The van der Waals surface area contributed by atoms with Crippen molar-refractivity contribution in [1.29, 1.82) is 0 Å². The molecular weight excluding hydrogens is 334 g/mol. The van der Waals surface area contributed by atoms with E-state index in [1.165, 1.54) is 5.56 Å². The number of ketones is 1. The van der Waals surface area contributed by atoms with Gasteiger partial charge in [-0.25, -0.2) is 8.78 Å². The van der Waals surface area contributed by atoms with Gasteiger partial charge < -0.3 is 9.53 Å². The van der Waals surface area contributed by atoms with Crippen LogP contribution in [0.2, 0.25) is 0 Å². The predicted molar refractivity (Wildman–Crippen MR) is 98.5 cm³/mol. The molecule has 2 aromatic carbocycles. The van der Waals surface area contributed by atoms with Crippen molar-refractivity contribution in [2.45, 2.75) is 33.1 Å². The zero-order valence-corrected chi connectivity index (χ0v) is 15.0. The molecule has 0 amide bonds. The molecule has 0 fully saturated rings. The highest BCUT2D eigenvalue weighted by atomic mass is 19.3. The highest BCUT2D eigenvalue weighted by molar-refractivity contribution is 5.75. The number of benzene rings is 2. The Morgan fingerprint density at radius 2 is 1.54 bits per heavy atom. The second-order valence-corrected chi connectivity index (χ2v) is 6.39. The quantitative estimate of drug-likeness (QED) is 0.661. The summed E-state index contributed by atoms with van der Waals surface area (Å²) < 4.78 is 29.1. The standard InChI is InChI=1S/C22H22F2O2/c1-16(13-17(2)25)14-20-7-5-18(6-8-20)3-4-19-9-11-21(12-10-19)26-15-22(23)24/h5-12,16,22H,13-15H2,1-2H3. The van der Waals surface area contributed by atoms with Crippen molar-refractivity contribution in [3.63, 3.8) is 0 Å². The summed E-state index contributed by atoms with van der Waals surface area (Å²) in [6, 6.07) is 14.7. The summed E-state index contributed by atoms with van der Waals surface area (Å²) in [7, 11) is 0. The molecule has 1 atom stereocenters. The molecule has 0 aliphatic carbocycles. The summed E-state index contributed by atoms with van der Waals surface area (Å²) in [4.78, 5) is 11.1. The third-order valence-electron chi connectivity index (χ3n) is 3.76. The van der Waals surface area contributed by atoms with E-state index in [0.29, 0.717) is 18.1 Å². The van der Waals surface area contributed by atoms with Gasteiger partial charge in [-0.2, -0.15) is 0 Å². The van der Waals surface area contributed by atoms with Crippen LogP contribution in [0.1, 0.15) is 37.0 Å². The number of Topliss-reactive ketones (excluding diaryl/α,β-unsaturated/α-hetero) is 1. The maximum absolute atomic E-state index is 12.1. The molecule has 0 radical (unpaired) electrons. The van der Waals surface area contributed by atoms with Crippen LogP contribution in [-0.4, -0.2) is 18.8 Å². The smallest absolute Gasteiger partial charge is 0.272 e. The minimum atomic E-state index is -2.48. The van der Waals surface area contributed by atoms with Gasteiger partial charge in [-0.05, 0) is 61.2 Å². The molecule has 0 bridgehead atoms. The van der Waals surface area contributed by atoms with E-state index in [2.05, 4.69) is 18.8 Å². The average Bonchev–Trinajstić information content (AvgIpc) is 2.59. The minimum absolute atomic E-state index is 0.214. The monoisotopic (exact) mass is 356 g/mol. The van der Waals surface area contributed by atoms with Gasteiger partial charge in [0.1, 0.15) is 18.1 Å². The van der Waals surface area contributed by atoms with E-state index < -0.39 is 13.0 Å². The van der Waals surface area contributed by atoms with E-state index in [1.54, 1.807) is 31.2 Å². The Morgan fingerprint density at radius 3 is 2.04 bits per heavy atom. The van der Waals surface area contributed by atoms with Gasteiger partial charge >= 0.3 is 0 Å². The van der Waals surface area contributed by atoms with Crippen LogP contribution in [0.5, 0.6) is 5.75 Å². The Hall–Kier alpha value is -2.67. The van der Waals surface area contributed by atoms with Gasteiger partial charge in [-0.15, -0.1) is 0 Å². The summed E-state index contributed by atoms with van der Waals surface area (Å²) >= 11 is 0. The molecular formula is C22H22F2O2. The van der Waals surface area contributed by atoms with Gasteiger partial charge in [0, 0.05) is 17.5 Å². The van der Waals surface area contributed by atoms with Crippen molar-refractivity contribution < 1.29 is 18.3 Å². The SMILES string of the molecule is CC(=O)CC(C)Cc1ccc(C#Cc2ccc(OCC(F)F)cc2)cc1. The molecule has 2 aromatic rings. The second-order valence-electron chi connectivity index (χ2n) is 6.39. The van der Waals surface area contributed by atoms with E-state index >= 15 is 0 Å². The van der Waals surface area contributed by atoms with Gasteiger partial charge in [0.25, 0.3) is 6.43 Å². The molecule has 0 N–H and O–H groups in total. The fraction of sp³-hybridized carbons (Fsp3) is 0.318. The summed E-state index contributed by atoms with van der Waals surface area (Å²) in [6.07, 6.45) is -1.02. The number of carbonyl (C=O) groups is 1. The number of rotatable bonds is 7. The Labute approximate surface area is 153 Å². The van der Waals surface area contributed by atoms with Gasteiger partial charge in [0.15, 0.2) is 0 Å². The van der Waals surface area contributed by atoms with Crippen LogP contribution in [0.3, 0.4) is 0 Å². The first-order chi connectivity index (χ1) is 12.4. The highest BCUT2D eigenvalue weighted by Gasteiger charge is 2.06. The van der Waals surface area contributed by atoms with Crippen molar-refractivity contribution >= 4 is 5.78 Å². The normalized spacial score (nSPS) is 11.6. The van der Waals surface area contributed by atoms with Crippen LogP contribution < -0.4 is 4.74 Å². The molecule has 0 aliphatic rings. The molecule has 1 unspecified atom stereocenters. The van der Waals surface area contributed by atoms with Gasteiger partial charge in [0.2, 0.25) is 0 Å². The molecule has 0 spiro atoms. The van der Waals surface area contributed by atoms with E-state index in [-0.39, 0.29) is 5.78 Å². The maximum atomic E-state index is 12.1. The lowest BCUT2D eigenvalue weighted by molar-refractivity contribution is -0.117. The molecule has 0 aromatic heterocycles. The van der Waals surface area contributed by atoms with Crippen LogP contribution >= 0.6 is 0 Å². The average molecular weight is 356 g/mol. The molecule has 136 valence electrons.